The van der Waals surface area contributed by atoms with Gasteiger partial charge in [-0.1, -0.05) is 13.8 Å². The molecule has 0 bridgehead atoms. The molecule has 0 radical (unpaired) electrons. The molecule has 0 heterocycles. The van der Waals surface area contributed by atoms with Crippen molar-refractivity contribution in [1.82, 2.24) is 4.90 Å². The number of nitrogens with zero attached hydrogens (tertiary/aromatic N) is 1. The van der Waals surface area contributed by atoms with E-state index < -0.39 is 11.9 Å². The number of carbonyl (C=O) groups is 3. The highest BCUT2D eigenvalue weighted by atomic mass is 16.4. The summed E-state index contributed by atoms with van der Waals surface area (Å²) in [7, 11) is 0. The van der Waals surface area contributed by atoms with Crippen LogP contribution < -0.4 is 5.73 Å². The Bertz CT molecular complexity index is 276. The van der Waals surface area contributed by atoms with E-state index >= 15 is 0 Å². The minimum Gasteiger partial charge on any atom is -0.481 e. The lowest BCUT2D eigenvalue weighted by Gasteiger charge is -2.22. The van der Waals surface area contributed by atoms with E-state index in [0.717, 1.165) is 0 Å². The van der Waals surface area contributed by atoms with Gasteiger partial charge in [0.25, 0.3) is 0 Å². The molecule has 0 saturated carbocycles. The average molecular weight is 230 g/mol. The lowest BCUT2D eigenvalue weighted by atomic mass is 10.2. The Morgan fingerprint density at radius 2 is 1.81 bits per heavy atom. The number of carboxylic acids is 1. The van der Waals surface area contributed by atoms with Gasteiger partial charge in [-0.25, -0.2) is 0 Å². The molecule has 92 valence electrons. The fraction of sp³-hybridized carbons (Fsp3) is 0.700. The maximum absolute atomic E-state index is 11.6. The van der Waals surface area contributed by atoms with Crippen molar-refractivity contribution in [1.29, 1.82) is 0 Å². The number of hydrogen-bond acceptors (Lipinski definition) is 3. The summed E-state index contributed by atoms with van der Waals surface area (Å²) in [5.41, 5.74) is 5.01. The third-order valence-electron chi connectivity index (χ3n) is 1.84. The fourth-order valence-corrected chi connectivity index (χ4v) is 1.26. The molecule has 0 rings (SSSR count). The van der Waals surface area contributed by atoms with Crippen molar-refractivity contribution in [3.05, 3.63) is 0 Å². The Kier molecular flexibility index (Phi) is 6.14. The zero-order valence-electron chi connectivity index (χ0n) is 9.60. The van der Waals surface area contributed by atoms with E-state index in [4.69, 9.17) is 10.8 Å². The number of carboxylic acid groups (broad SMARTS) is 1. The molecule has 6 heteroatoms. The SMILES string of the molecule is CC(C)CN(CC(N)=O)C(=O)CCC(=O)O. The third-order valence-corrected chi connectivity index (χ3v) is 1.84. The van der Waals surface area contributed by atoms with Gasteiger partial charge in [0.2, 0.25) is 11.8 Å². The summed E-state index contributed by atoms with van der Waals surface area (Å²) < 4.78 is 0. The molecule has 2 amide bonds. The Labute approximate surface area is 94.4 Å². The van der Waals surface area contributed by atoms with Gasteiger partial charge in [0, 0.05) is 13.0 Å². The molecule has 0 aliphatic heterocycles. The van der Waals surface area contributed by atoms with Crippen LogP contribution in [-0.2, 0) is 14.4 Å². The van der Waals surface area contributed by atoms with Gasteiger partial charge >= 0.3 is 5.97 Å². The van der Waals surface area contributed by atoms with Crippen LogP contribution in [0.2, 0.25) is 0 Å². The predicted octanol–water partition coefficient (Wildman–Crippen LogP) is -0.179. The van der Waals surface area contributed by atoms with Gasteiger partial charge in [-0.3, -0.25) is 14.4 Å². The van der Waals surface area contributed by atoms with Crippen molar-refractivity contribution in [2.45, 2.75) is 26.7 Å². The molecule has 0 aromatic carbocycles. The highest BCUT2D eigenvalue weighted by Crippen LogP contribution is 2.03. The first-order chi connectivity index (χ1) is 7.32. The van der Waals surface area contributed by atoms with Crippen molar-refractivity contribution in [2.75, 3.05) is 13.1 Å². The van der Waals surface area contributed by atoms with Crippen LogP contribution in [0.15, 0.2) is 0 Å². The summed E-state index contributed by atoms with van der Waals surface area (Å²) >= 11 is 0. The van der Waals surface area contributed by atoms with Crippen molar-refractivity contribution < 1.29 is 19.5 Å². The Morgan fingerprint density at radius 3 is 2.19 bits per heavy atom. The number of primary amides is 1. The summed E-state index contributed by atoms with van der Waals surface area (Å²) in [6.45, 7) is 4.05. The highest BCUT2D eigenvalue weighted by Gasteiger charge is 2.17. The molecule has 0 saturated heterocycles. The monoisotopic (exact) mass is 230 g/mol. The maximum Gasteiger partial charge on any atom is 0.303 e. The van der Waals surface area contributed by atoms with Crippen LogP contribution in [0.4, 0.5) is 0 Å². The zero-order chi connectivity index (χ0) is 12.7. The number of nitrogens with two attached hydrogens (primary N) is 1. The van der Waals surface area contributed by atoms with Crippen LogP contribution in [0, 0.1) is 5.92 Å². The van der Waals surface area contributed by atoms with E-state index in [-0.39, 0.29) is 31.2 Å². The van der Waals surface area contributed by atoms with E-state index in [9.17, 15) is 14.4 Å². The minimum atomic E-state index is -1.03. The first-order valence-electron chi connectivity index (χ1n) is 5.10. The average Bonchev–Trinajstić information content (AvgIpc) is 2.11. The Hall–Kier alpha value is -1.59. The summed E-state index contributed by atoms with van der Waals surface area (Å²) in [6, 6.07) is 0. The Morgan fingerprint density at radius 1 is 1.25 bits per heavy atom. The lowest BCUT2D eigenvalue weighted by molar-refractivity contribution is -0.141. The van der Waals surface area contributed by atoms with E-state index in [2.05, 4.69) is 0 Å². The second-order valence-electron chi connectivity index (χ2n) is 4.03. The van der Waals surface area contributed by atoms with Crippen LogP contribution in [0.1, 0.15) is 26.7 Å². The topological polar surface area (TPSA) is 101 Å². The van der Waals surface area contributed by atoms with E-state index in [1.165, 1.54) is 4.90 Å². The maximum atomic E-state index is 11.6. The van der Waals surface area contributed by atoms with E-state index in [0.29, 0.717) is 6.54 Å². The molecule has 0 aromatic rings. The van der Waals surface area contributed by atoms with Gasteiger partial charge < -0.3 is 15.7 Å². The van der Waals surface area contributed by atoms with Gasteiger partial charge in [-0.2, -0.15) is 0 Å². The molecule has 16 heavy (non-hydrogen) atoms. The number of hydrogen-bond donors (Lipinski definition) is 2. The van der Waals surface area contributed by atoms with Gasteiger partial charge in [0.15, 0.2) is 0 Å². The molecule has 0 atom stereocenters. The summed E-state index contributed by atoms with van der Waals surface area (Å²) in [5, 5.41) is 8.45. The fourth-order valence-electron chi connectivity index (χ4n) is 1.26. The summed E-state index contributed by atoms with van der Waals surface area (Å²) in [6.07, 6.45) is -0.332. The largest absolute Gasteiger partial charge is 0.481 e. The van der Waals surface area contributed by atoms with Crippen molar-refractivity contribution in [2.24, 2.45) is 11.7 Å². The van der Waals surface area contributed by atoms with Gasteiger partial charge in [-0.15, -0.1) is 0 Å². The first-order valence-corrected chi connectivity index (χ1v) is 5.10. The van der Waals surface area contributed by atoms with Crippen LogP contribution in [0.25, 0.3) is 0 Å². The Balaban J connectivity index is 4.31. The standard InChI is InChI=1S/C10H18N2O4/c1-7(2)5-12(6-8(11)13)9(14)3-4-10(15)16/h7H,3-6H2,1-2H3,(H2,11,13)(H,15,16). The van der Waals surface area contributed by atoms with Crippen molar-refractivity contribution in [3.8, 4) is 0 Å². The molecular weight excluding hydrogens is 212 g/mol. The second kappa shape index (κ2) is 6.81. The predicted molar refractivity (Wildman–Crippen MR) is 57.5 cm³/mol. The van der Waals surface area contributed by atoms with Gasteiger partial charge in [0.1, 0.15) is 0 Å². The molecule has 0 aliphatic rings. The normalized spacial score (nSPS) is 10.2. The van der Waals surface area contributed by atoms with Crippen LogP contribution in [0.3, 0.4) is 0 Å². The molecule has 0 spiro atoms. The van der Waals surface area contributed by atoms with E-state index in [1.807, 2.05) is 13.8 Å². The van der Waals surface area contributed by atoms with Crippen LogP contribution in [-0.4, -0.2) is 40.9 Å². The number of carbonyl (C=O) groups excluding carboxylic acids is 2. The number of rotatable bonds is 7. The van der Waals surface area contributed by atoms with Gasteiger partial charge in [-0.05, 0) is 5.92 Å². The van der Waals surface area contributed by atoms with E-state index in [1.54, 1.807) is 0 Å². The smallest absolute Gasteiger partial charge is 0.303 e. The number of aliphatic carboxylic acids is 1. The van der Waals surface area contributed by atoms with Crippen LogP contribution in [0.5, 0.6) is 0 Å². The lowest BCUT2D eigenvalue weighted by Crippen LogP contribution is -2.40. The molecular formula is C10H18N2O4. The van der Waals surface area contributed by atoms with Crippen molar-refractivity contribution >= 4 is 17.8 Å². The molecule has 0 unspecified atom stereocenters. The molecule has 6 nitrogen and oxygen atoms in total. The number of amides is 2. The summed E-state index contributed by atoms with van der Waals surface area (Å²) in [4.78, 5) is 33.9. The first kappa shape index (κ1) is 14.4. The molecule has 3 N–H and O–H groups in total. The molecule has 0 fully saturated rings. The molecule has 0 aliphatic carbocycles. The van der Waals surface area contributed by atoms with Gasteiger partial charge in [0.05, 0.1) is 13.0 Å². The minimum absolute atomic E-state index is 0.102. The summed E-state index contributed by atoms with van der Waals surface area (Å²) in [5.74, 6) is -1.77. The molecule has 0 aromatic heterocycles. The highest BCUT2D eigenvalue weighted by molar-refractivity contribution is 5.85. The second-order valence-corrected chi connectivity index (χ2v) is 4.03. The zero-order valence-corrected chi connectivity index (χ0v) is 9.60. The van der Waals surface area contributed by atoms with Crippen molar-refractivity contribution in [3.63, 3.8) is 0 Å². The third kappa shape index (κ3) is 6.80. The van der Waals surface area contributed by atoms with Crippen LogP contribution >= 0.6 is 0 Å². The quantitative estimate of drug-likeness (QED) is 0.633.